The highest BCUT2D eigenvalue weighted by Crippen LogP contribution is 2.37. The summed E-state index contributed by atoms with van der Waals surface area (Å²) in [5, 5.41) is 12.0. The normalized spacial score (nSPS) is 9.80. The molecule has 0 aliphatic carbocycles. The van der Waals surface area contributed by atoms with Crippen LogP contribution in [0.5, 0.6) is 0 Å². The fraction of sp³-hybridized carbons (Fsp3) is 0. The number of hydrogen-bond acceptors (Lipinski definition) is 3. The lowest BCUT2D eigenvalue weighted by atomic mass is 10.6. The first-order valence-electron chi connectivity index (χ1n) is 2.20. The first-order valence-corrected chi connectivity index (χ1v) is 4.66. The van der Waals surface area contributed by atoms with Crippen LogP contribution in [0.25, 0.3) is 0 Å². The molecule has 0 aromatic carbocycles. The topological polar surface area (TPSA) is 43.1 Å². The van der Waals surface area contributed by atoms with Crippen LogP contribution in [0.2, 0.25) is 0 Å². The minimum absolute atomic E-state index is 0.131. The first-order chi connectivity index (χ1) is 4.63. The summed E-state index contributed by atoms with van der Waals surface area (Å²) < 4.78 is 1.24. The lowest BCUT2D eigenvalue weighted by molar-refractivity contribution is -0.381. The van der Waals surface area contributed by atoms with Crippen molar-refractivity contribution in [1.29, 1.82) is 0 Å². The Morgan fingerprint density at radius 1 is 1.60 bits per heavy atom. The molecule has 1 aromatic rings. The summed E-state index contributed by atoms with van der Waals surface area (Å²) in [7, 11) is 0. The van der Waals surface area contributed by atoms with Crippen molar-refractivity contribution in [3.63, 3.8) is 0 Å². The van der Waals surface area contributed by atoms with Crippen molar-refractivity contribution in [2.24, 2.45) is 0 Å². The fourth-order valence-electron chi connectivity index (χ4n) is 0.436. The van der Waals surface area contributed by atoms with E-state index in [1.54, 1.807) is 5.38 Å². The maximum absolute atomic E-state index is 10.2. The number of nitro groups is 1. The molecule has 1 rings (SSSR count). The van der Waals surface area contributed by atoms with E-state index < -0.39 is 4.92 Å². The minimum atomic E-state index is -0.417. The van der Waals surface area contributed by atoms with Crippen molar-refractivity contribution in [2.45, 2.75) is 0 Å². The van der Waals surface area contributed by atoms with Gasteiger partial charge in [-0.15, -0.1) is 0 Å². The van der Waals surface area contributed by atoms with Gasteiger partial charge in [-0.25, -0.2) is 0 Å². The number of hydrogen-bond donors (Lipinski definition) is 0. The van der Waals surface area contributed by atoms with Gasteiger partial charge in [0.25, 0.3) is 0 Å². The van der Waals surface area contributed by atoms with Crippen LogP contribution in [0.1, 0.15) is 0 Å². The van der Waals surface area contributed by atoms with Crippen molar-refractivity contribution in [1.82, 2.24) is 0 Å². The number of nitrogens with zero attached hydrogens (tertiary/aromatic N) is 1. The van der Waals surface area contributed by atoms with Crippen LogP contribution in [0, 0.1) is 10.1 Å². The van der Waals surface area contributed by atoms with Crippen molar-refractivity contribution in [3.05, 3.63) is 24.4 Å². The molecule has 0 amide bonds. The smallest absolute Gasteiger partial charge is 0.258 e. The predicted molar refractivity (Wildman–Crippen MR) is 46.4 cm³/mol. The van der Waals surface area contributed by atoms with Gasteiger partial charge in [0.15, 0.2) is 0 Å². The maximum atomic E-state index is 10.2. The van der Waals surface area contributed by atoms with Crippen molar-refractivity contribution in [3.8, 4) is 0 Å². The Morgan fingerprint density at radius 3 is 2.40 bits per heavy atom. The van der Waals surface area contributed by atoms with Gasteiger partial charge in [0, 0.05) is 9.85 Å². The highest BCUT2D eigenvalue weighted by molar-refractivity contribution is 9.13. The molecule has 0 fully saturated rings. The molecule has 6 heteroatoms. The van der Waals surface area contributed by atoms with E-state index in [1.165, 1.54) is 0 Å². The van der Waals surface area contributed by atoms with Crippen molar-refractivity contribution in [2.75, 3.05) is 0 Å². The van der Waals surface area contributed by atoms with Gasteiger partial charge in [-0.3, -0.25) is 10.1 Å². The SMILES string of the molecule is O=[N+]([O-])c1scc(Br)c1Br. The van der Waals surface area contributed by atoms with E-state index in [-0.39, 0.29) is 5.00 Å². The summed E-state index contributed by atoms with van der Waals surface area (Å²) in [5.41, 5.74) is 0. The fourth-order valence-corrected chi connectivity index (χ4v) is 2.36. The highest BCUT2D eigenvalue weighted by atomic mass is 79.9. The zero-order chi connectivity index (χ0) is 7.72. The molecule has 0 spiro atoms. The van der Waals surface area contributed by atoms with Crippen LogP contribution in [0.15, 0.2) is 14.3 Å². The first kappa shape index (κ1) is 8.16. The second-order valence-electron chi connectivity index (χ2n) is 1.46. The molecule has 0 N–H and O–H groups in total. The monoisotopic (exact) mass is 285 g/mol. The molecule has 0 saturated carbocycles. The zero-order valence-electron chi connectivity index (χ0n) is 4.51. The van der Waals surface area contributed by atoms with Crippen molar-refractivity contribution >= 4 is 48.2 Å². The molecule has 0 unspecified atom stereocenters. The van der Waals surface area contributed by atoms with Crippen LogP contribution in [-0.2, 0) is 0 Å². The quantitative estimate of drug-likeness (QED) is 0.588. The molecule has 0 aliphatic heterocycles. The molecule has 0 saturated heterocycles. The summed E-state index contributed by atoms with van der Waals surface area (Å²) in [4.78, 5) is 9.78. The van der Waals surface area contributed by atoms with Crippen LogP contribution in [-0.4, -0.2) is 4.92 Å². The minimum Gasteiger partial charge on any atom is -0.258 e. The molecule has 54 valence electrons. The van der Waals surface area contributed by atoms with Crippen LogP contribution < -0.4 is 0 Å². The van der Waals surface area contributed by atoms with Gasteiger partial charge in [0.05, 0.1) is 4.92 Å². The van der Waals surface area contributed by atoms with E-state index >= 15 is 0 Å². The van der Waals surface area contributed by atoms with Gasteiger partial charge < -0.3 is 0 Å². The van der Waals surface area contributed by atoms with Crippen LogP contribution in [0.4, 0.5) is 5.00 Å². The number of halogens is 2. The predicted octanol–water partition coefficient (Wildman–Crippen LogP) is 3.18. The molecule has 0 bridgehead atoms. The Hall–Kier alpha value is 0.0600. The molecular formula is C4HBr2NO2S. The lowest BCUT2D eigenvalue weighted by Crippen LogP contribution is -1.82. The Morgan fingerprint density at radius 2 is 2.20 bits per heavy atom. The van der Waals surface area contributed by atoms with Gasteiger partial charge in [-0.1, -0.05) is 11.3 Å². The van der Waals surface area contributed by atoms with Crippen LogP contribution >= 0.6 is 43.2 Å². The van der Waals surface area contributed by atoms with Gasteiger partial charge in [-0.05, 0) is 31.9 Å². The van der Waals surface area contributed by atoms with E-state index in [4.69, 9.17) is 0 Å². The molecule has 3 nitrogen and oxygen atoms in total. The standard InChI is InChI=1S/C4HBr2NO2S/c5-2-1-10-4(3(2)6)7(8)9/h1H. The Kier molecular flexibility index (Phi) is 2.43. The highest BCUT2D eigenvalue weighted by Gasteiger charge is 2.16. The van der Waals surface area contributed by atoms with Gasteiger partial charge in [-0.2, -0.15) is 0 Å². The number of thiophene rings is 1. The van der Waals surface area contributed by atoms with Crippen LogP contribution in [0.3, 0.4) is 0 Å². The van der Waals surface area contributed by atoms with E-state index in [0.717, 1.165) is 15.8 Å². The largest absolute Gasteiger partial charge is 0.339 e. The second-order valence-corrected chi connectivity index (χ2v) is 3.97. The molecule has 10 heavy (non-hydrogen) atoms. The summed E-state index contributed by atoms with van der Waals surface area (Å²) >= 11 is 7.31. The third-order valence-electron chi connectivity index (χ3n) is 0.837. The van der Waals surface area contributed by atoms with Gasteiger partial charge in [0.2, 0.25) is 0 Å². The maximum Gasteiger partial charge on any atom is 0.339 e. The van der Waals surface area contributed by atoms with Gasteiger partial charge >= 0.3 is 5.00 Å². The molecule has 1 aromatic heterocycles. The van der Waals surface area contributed by atoms with E-state index in [2.05, 4.69) is 31.9 Å². The summed E-state index contributed by atoms with van der Waals surface area (Å²) in [6.07, 6.45) is 0. The zero-order valence-corrected chi connectivity index (χ0v) is 8.49. The van der Waals surface area contributed by atoms with Crippen molar-refractivity contribution < 1.29 is 4.92 Å². The average molecular weight is 287 g/mol. The summed E-state index contributed by atoms with van der Waals surface area (Å²) in [6.45, 7) is 0. The molecular weight excluding hydrogens is 286 g/mol. The molecule has 0 radical (unpaired) electrons. The Balaban J connectivity index is 3.17. The van der Waals surface area contributed by atoms with E-state index in [9.17, 15) is 10.1 Å². The molecule has 0 atom stereocenters. The van der Waals surface area contributed by atoms with E-state index in [1.807, 2.05) is 0 Å². The number of rotatable bonds is 1. The average Bonchev–Trinajstić information content (AvgIpc) is 2.14. The van der Waals surface area contributed by atoms with Gasteiger partial charge in [0.1, 0.15) is 4.47 Å². The molecule has 0 aliphatic rings. The molecule has 1 heterocycles. The Bertz CT molecular complexity index is 272. The summed E-state index contributed by atoms with van der Waals surface area (Å²) in [5.74, 6) is 0. The second kappa shape index (κ2) is 2.98. The third kappa shape index (κ3) is 1.38. The summed E-state index contributed by atoms with van der Waals surface area (Å²) in [6, 6.07) is 0. The van der Waals surface area contributed by atoms with E-state index in [0.29, 0.717) is 4.47 Å². The lowest BCUT2D eigenvalue weighted by Gasteiger charge is -1.83. The third-order valence-corrected chi connectivity index (χ3v) is 4.29. The Labute approximate surface area is 77.5 Å².